The molecule has 0 aliphatic heterocycles. The number of aryl methyl sites for hydroxylation is 1. The van der Waals surface area contributed by atoms with Crippen LogP contribution in [0.2, 0.25) is 5.02 Å². The zero-order valence-electron chi connectivity index (χ0n) is 21.1. The normalized spacial score (nSPS) is 12.3. The Labute approximate surface area is 214 Å². The van der Waals surface area contributed by atoms with Gasteiger partial charge in [-0.15, -0.1) is 0 Å². The molecular weight excluding hydrogens is 486 g/mol. The summed E-state index contributed by atoms with van der Waals surface area (Å²) in [5, 5.41) is 3.41. The molecule has 2 rings (SSSR count). The monoisotopic (exact) mass is 521 g/mol. The summed E-state index contributed by atoms with van der Waals surface area (Å²) in [6.45, 7) is 8.68. The van der Waals surface area contributed by atoms with Gasteiger partial charge in [0.15, 0.2) is 0 Å². The van der Waals surface area contributed by atoms with Crippen LogP contribution in [0.25, 0.3) is 0 Å². The van der Waals surface area contributed by atoms with E-state index >= 15 is 0 Å². The minimum absolute atomic E-state index is 0.104. The fourth-order valence-corrected chi connectivity index (χ4v) is 4.74. The highest BCUT2D eigenvalue weighted by Gasteiger charge is 2.26. The summed E-state index contributed by atoms with van der Waals surface area (Å²) in [4.78, 5) is 27.6. The number of benzene rings is 2. The Morgan fingerprint density at radius 3 is 2.29 bits per heavy atom. The van der Waals surface area contributed by atoms with Crippen LogP contribution in [0.4, 0.5) is 5.69 Å². The maximum absolute atomic E-state index is 13.3. The molecule has 7 nitrogen and oxygen atoms in total. The van der Waals surface area contributed by atoms with Gasteiger partial charge in [-0.05, 0) is 56.0 Å². The first-order valence-electron chi connectivity index (χ1n) is 11.7. The van der Waals surface area contributed by atoms with E-state index in [9.17, 15) is 18.0 Å². The van der Waals surface area contributed by atoms with Crippen LogP contribution in [0.1, 0.15) is 44.7 Å². The number of nitrogens with one attached hydrogen (secondary N) is 1. The molecule has 9 heteroatoms. The molecule has 0 fully saturated rings. The van der Waals surface area contributed by atoms with Gasteiger partial charge in [-0.2, -0.15) is 0 Å². The summed E-state index contributed by atoms with van der Waals surface area (Å²) in [6, 6.07) is 13.7. The fraction of sp³-hybridized carbons (Fsp3) is 0.462. The van der Waals surface area contributed by atoms with Gasteiger partial charge in [-0.25, -0.2) is 8.42 Å². The largest absolute Gasteiger partial charge is 0.354 e. The lowest BCUT2D eigenvalue weighted by Crippen LogP contribution is -2.48. The number of carbonyl (C=O) groups is 2. The Hall–Kier alpha value is -2.58. The van der Waals surface area contributed by atoms with Gasteiger partial charge in [-0.1, -0.05) is 55.3 Å². The van der Waals surface area contributed by atoms with E-state index in [2.05, 4.69) is 5.32 Å². The van der Waals surface area contributed by atoms with Crippen LogP contribution >= 0.6 is 11.6 Å². The Morgan fingerprint density at radius 1 is 1.06 bits per heavy atom. The molecule has 0 heterocycles. The summed E-state index contributed by atoms with van der Waals surface area (Å²) in [7, 11) is -3.55. The van der Waals surface area contributed by atoms with E-state index in [1.165, 1.54) is 4.31 Å². The highest BCUT2D eigenvalue weighted by atomic mass is 35.5. The predicted molar refractivity (Wildman–Crippen MR) is 142 cm³/mol. The van der Waals surface area contributed by atoms with Crippen molar-refractivity contribution in [2.24, 2.45) is 5.92 Å². The zero-order valence-corrected chi connectivity index (χ0v) is 22.7. The summed E-state index contributed by atoms with van der Waals surface area (Å²) in [5.41, 5.74) is 2.49. The lowest BCUT2D eigenvalue weighted by atomic mass is 10.1. The third-order valence-corrected chi connectivity index (χ3v) is 7.00. The molecule has 0 spiro atoms. The number of sulfonamides is 1. The smallest absolute Gasteiger partial charge is 0.242 e. The van der Waals surface area contributed by atoms with Crippen molar-refractivity contribution in [3.63, 3.8) is 0 Å². The number of halogens is 1. The summed E-state index contributed by atoms with van der Waals surface area (Å²) in [5.74, 6) is -0.121. The Bertz CT molecular complexity index is 1100. The van der Waals surface area contributed by atoms with Crippen LogP contribution in [0, 0.1) is 12.8 Å². The van der Waals surface area contributed by atoms with E-state index in [1.54, 1.807) is 36.1 Å². The van der Waals surface area contributed by atoms with Gasteiger partial charge in [0.05, 0.1) is 11.9 Å². The van der Waals surface area contributed by atoms with Gasteiger partial charge in [-0.3, -0.25) is 13.9 Å². The molecule has 0 aliphatic rings. The van der Waals surface area contributed by atoms with Gasteiger partial charge in [0.25, 0.3) is 0 Å². The lowest BCUT2D eigenvalue weighted by molar-refractivity contribution is -0.140. The highest BCUT2D eigenvalue weighted by molar-refractivity contribution is 7.92. The summed E-state index contributed by atoms with van der Waals surface area (Å²) in [6.07, 6.45) is 1.54. The van der Waals surface area contributed by atoms with E-state index in [-0.39, 0.29) is 24.8 Å². The lowest BCUT2D eigenvalue weighted by Gasteiger charge is -2.30. The van der Waals surface area contributed by atoms with Crippen molar-refractivity contribution in [2.75, 3.05) is 23.7 Å². The summed E-state index contributed by atoms with van der Waals surface area (Å²) < 4.78 is 26.0. The zero-order chi connectivity index (χ0) is 26.2. The molecule has 0 unspecified atom stereocenters. The molecule has 1 N–H and O–H groups in total. The molecule has 192 valence electrons. The second-order valence-corrected chi connectivity index (χ2v) is 11.6. The molecule has 2 amide bonds. The van der Waals surface area contributed by atoms with Gasteiger partial charge in [0, 0.05) is 31.1 Å². The first kappa shape index (κ1) is 28.7. The molecule has 0 aliphatic carbocycles. The predicted octanol–water partition coefficient (Wildman–Crippen LogP) is 4.38. The van der Waals surface area contributed by atoms with Crippen molar-refractivity contribution in [1.29, 1.82) is 0 Å². The molecular formula is C26H36ClN3O4S. The van der Waals surface area contributed by atoms with Crippen molar-refractivity contribution < 1.29 is 18.0 Å². The number of nitrogens with zero attached hydrogens (tertiary/aromatic N) is 2. The molecule has 2 aromatic rings. The number of hydrogen-bond acceptors (Lipinski definition) is 4. The van der Waals surface area contributed by atoms with Crippen LogP contribution < -0.4 is 9.62 Å². The Morgan fingerprint density at radius 2 is 1.71 bits per heavy atom. The average molecular weight is 522 g/mol. The van der Waals surface area contributed by atoms with Gasteiger partial charge in [0.1, 0.15) is 6.04 Å². The van der Waals surface area contributed by atoms with Crippen LogP contribution in [0.15, 0.2) is 48.5 Å². The van der Waals surface area contributed by atoms with E-state index in [1.807, 2.05) is 45.0 Å². The highest BCUT2D eigenvalue weighted by Crippen LogP contribution is 2.21. The molecule has 0 radical (unpaired) electrons. The quantitative estimate of drug-likeness (QED) is 0.449. The van der Waals surface area contributed by atoms with Gasteiger partial charge in [0.2, 0.25) is 21.8 Å². The van der Waals surface area contributed by atoms with Crippen LogP contribution in [0.3, 0.4) is 0 Å². The standard InChI is InChI=1S/C26H36ClN3O4S/c1-19(2)17-28-26(32)21(4)29(18-22-9-6-8-20(3)16-22)25(31)10-7-15-30(35(5,33)34)24-13-11-23(27)12-14-24/h6,8-9,11-14,16,19,21H,7,10,15,17-18H2,1-5H3,(H,28,32)/t21-/m1/s1. The molecule has 35 heavy (non-hydrogen) atoms. The Kier molecular flexibility index (Phi) is 10.6. The fourth-order valence-electron chi connectivity index (χ4n) is 3.65. The maximum Gasteiger partial charge on any atom is 0.242 e. The number of carbonyl (C=O) groups excluding carboxylic acids is 2. The number of anilines is 1. The SMILES string of the molecule is Cc1cccc(CN(C(=O)CCCN(c2ccc(Cl)cc2)S(C)(=O)=O)[C@H](C)C(=O)NCC(C)C)c1. The average Bonchev–Trinajstić information content (AvgIpc) is 2.78. The van der Waals surface area contributed by atoms with Crippen molar-refractivity contribution in [2.45, 2.75) is 53.1 Å². The number of hydrogen-bond donors (Lipinski definition) is 1. The first-order chi connectivity index (χ1) is 16.4. The van der Waals surface area contributed by atoms with Crippen LogP contribution in [-0.2, 0) is 26.2 Å². The topological polar surface area (TPSA) is 86.8 Å². The minimum Gasteiger partial charge on any atom is -0.354 e. The third kappa shape index (κ3) is 9.18. The van der Waals surface area contributed by atoms with Gasteiger partial charge >= 0.3 is 0 Å². The summed E-state index contributed by atoms with van der Waals surface area (Å²) >= 11 is 5.93. The van der Waals surface area contributed by atoms with Crippen molar-refractivity contribution in [1.82, 2.24) is 10.2 Å². The van der Waals surface area contributed by atoms with Crippen LogP contribution in [0.5, 0.6) is 0 Å². The Balaban J connectivity index is 2.15. The van der Waals surface area contributed by atoms with Gasteiger partial charge < -0.3 is 10.2 Å². The maximum atomic E-state index is 13.3. The first-order valence-corrected chi connectivity index (χ1v) is 14.0. The minimum atomic E-state index is -3.55. The second-order valence-electron chi connectivity index (χ2n) is 9.24. The van der Waals surface area contributed by atoms with E-state index in [0.29, 0.717) is 36.1 Å². The van der Waals surface area contributed by atoms with E-state index in [0.717, 1.165) is 17.4 Å². The van der Waals surface area contributed by atoms with Crippen molar-refractivity contribution in [3.8, 4) is 0 Å². The van der Waals surface area contributed by atoms with E-state index < -0.39 is 16.1 Å². The number of rotatable bonds is 12. The number of amides is 2. The third-order valence-electron chi connectivity index (χ3n) is 5.55. The van der Waals surface area contributed by atoms with Crippen molar-refractivity contribution >= 4 is 39.1 Å². The molecule has 0 saturated carbocycles. The molecule has 1 atom stereocenters. The second kappa shape index (κ2) is 12.9. The molecule has 2 aromatic carbocycles. The van der Waals surface area contributed by atoms with E-state index in [4.69, 9.17) is 11.6 Å². The molecule has 0 saturated heterocycles. The van der Waals surface area contributed by atoms with Crippen LogP contribution in [-0.4, -0.2) is 50.5 Å². The molecule has 0 bridgehead atoms. The van der Waals surface area contributed by atoms with Crippen molar-refractivity contribution in [3.05, 3.63) is 64.7 Å². The molecule has 0 aromatic heterocycles.